The lowest BCUT2D eigenvalue weighted by atomic mass is 9.99. The minimum Gasteiger partial charge on any atom is -0.240 e. The van der Waals surface area contributed by atoms with Gasteiger partial charge in [-0.3, -0.25) is 0 Å². The van der Waals surface area contributed by atoms with Crippen molar-refractivity contribution >= 4 is 38.4 Å². The van der Waals surface area contributed by atoms with Crippen LogP contribution in [0.1, 0.15) is 23.6 Å². The van der Waals surface area contributed by atoms with Crippen LogP contribution < -0.4 is 0 Å². The summed E-state index contributed by atoms with van der Waals surface area (Å²) in [4.78, 5) is 0. The Morgan fingerprint density at radius 1 is 1.00 bits per heavy atom. The zero-order chi connectivity index (χ0) is 20.7. The van der Waals surface area contributed by atoms with Crippen LogP contribution in [-0.2, 0) is 10.0 Å². The normalized spacial score (nSPS) is 16.8. The Kier molecular flexibility index (Phi) is 4.80. The van der Waals surface area contributed by atoms with Crippen molar-refractivity contribution in [3.8, 4) is 16.9 Å². The molecule has 9 heteroatoms. The van der Waals surface area contributed by atoms with Crippen molar-refractivity contribution in [2.45, 2.75) is 12.5 Å². The van der Waals surface area contributed by atoms with Gasteiger partial charge in [-0.05, 0) is 40.4 Å². The topological polar surface area (TPSA) is 67.6 Å². The number of sulfonamides is 1. The minimum absolute atomic E-state index is 0.442. The van der Waals surface area contributed by atoms with Crippen molar-refractivity contribution in [1.82, 2.24) is 14.2 Å². The standard InChI is InChI=1S/C21H18N4O2S3/c1-30(26,27)25-20(11-19(22-25)15-7-9-28-13-15)18-12-24(17-5-3-2-4-6-17)23-21(18)16-8-10-29-14-16/h2-10,12-14,20H,11H2,1H3/t20-/m0/s1. The van der Waals surface area contributed by atoms with Crippen LogP contribution >= 0.6 is 22.7 Å². The summed E-state index contributed by atoms with van der Waals surface area (Å²) in [5, 5.41) is 17.3. The summed E-state index contributed by atoms with van der Waals surface area (Å²) in [6, 6.07) is 13.4. The SMILES string of the molecule is CS(=O)(=O)N1N=C(c2ccsc2)C[C@H]1c1cn(-c2ccccc2)nc1-c1ccsc1. The zero-order valence-electron chi connectivity index (χ0n) is 16.0. The predicted molar refractivity (Wildman–Crippen MR) is 122 cm³/mol. The Hall–Kier alpha value is -2.75. The van der Waals surface area contributed by atoms with Crippen LogP contribution in [0.4, 0.5) is 0 Å². The molecule has 1 aliphatic rings. The van der Waals surface area contributed by atoms with Crippen LogP contribution in [0.15, 0.2) is 75.3 Å². The summed E-state index contributed by atoms with van der Waals surface area (Å²) < 4.78 is 28.3. The minimum atomic E-state index is -3.55. The molecule has 0 saturated heterocycles. The molecule has 0 amide bonds. The van der Waals surface area contributed by atoms with E-state index in [0.29, 0.717) is 6.42 Å². The molecule has 1 aliphatic heterocycles. The molecule has 30 heavy (non-hydrogen) atoms. The third-order valence-corrected chi connectivity index (χ3v) is 7.37. The molecule has 0 N–H and O–H groups in total. The average Bonchev–Trinajstić information content (AvgIpc) is 3.53. The molecule has 6 nitrogen and oxygen atoms in total. The van der Waals surface area contributed by atoms with E-state index in [2.05, 4.69) is 5.10 Å². The highest BCUT2D eigenvalue weighted by molar-refractivity contribution is 7.88. The highest BCUT2D eigenvalue weighted by Crippen LogP contribution is 2.40. The quantitative estimate of drug-likeness (QED) is 0.436. The van der Waals surface area contributed by atoms with Crippen molar-refractivity contribution in [1.29, 1.82) is 0 Å². The van der Waals surface area contributed by atoms with Crippen molar-refractivity contribution in [3.05, 3.63) is 81.3 Å². The number of thiophene rings is 2. The third kappa shape index (κ3) is 3.49. The first-order valence-electron chi connectivity index (χ1n) is 9.28. The van der Waals surface area contributed by atoms with Crippen LogP contribution in [0.2, 0.25) is 0 Å². The van der Waals surface area contributed by atoms with Crippen LogP contribution in [0.25, 0.3) is 16.9 Å². The molecule has 4 aromatic rings. The largest absolute Gasteiger partial charge is 0.247 e. The lowest BCUT2D eigenvalue weighted by Crippen LogP contribution is -2.26. The Labute approximate surface area is 182 Å². The number of nitrogens with zero attached hydrogens (tertiary/aromatic N) is 4. The van der Waals surface area contributed by atoms with Gasteiger partial charge in [-0.25, -0.2) is 13.1 Å². The summed E-state index contributed by atoms with van der Waals surface area (Å²) in [7, 11) is -3.55. The third-order valence-electron chi connectivity index (χ3n) is 4.98. The van der Waals surface area contributed by atoms with E-state index in [1.54, 1.807) is 22.7 Å². The van der Waals surface area contributed by atoms with Gasteiger partial charge < -0.3 is 0 Å². The molecule has 0 aliphatic carbocycles. The maximum absolute atomic E-state index is 12.6. The first-order chi connectivity index (χ1) is 14.5. The molecular weight excluding hydrogens is 436 g/mol. The molecular formula is C21H18N4O2S3. The summed E-state index contributed by atoms with van der Waals surface area (Å²) in [5.41, 5.74) is 5.25. The fraction of sp³-hybridized carbons (Fsp3) is 0.143. The molecule has 5 rings (SSSR count). The van der Waals surface area contributed by atoms with E-state index in [4.69, 9.17) is 5.10 Å². The lowest BCUT2D eigenvalue weighted by Gasteiger charge is -2.21. The number of benzene rings is 1. The van der Waals surface area contributed by atoms with E-state index in [9.17, 15) is 8.42 Å². The second-order valence-electron chi connectivity index (χ2n) is 7.04. The molecule has 0 bridgehead atoms. The Bertz CT molecular complexity index is 1290. The summed E-state index contributed by atoms with van der Waals surface area (Å²) in [6.45, 7) is 0. The van der Waals surface area contributed by atoms with Gasteiger partial charge in [-0.1, -0.05) is 18.2 Å². The van der Waals surface area contributed by atoms with E-state index in [-0.39, 0.29) is 0 Å². The second kappa shape index (κ2) is 7.50. The van der Waals surface area contributed by atoms with Gasteiger partial charge in [0, 0.05) is 34.7 Å². The van der Waals surface area contributed by atoms with E-state index < -0.39 is 16.1 Å². The van der Waals surface area contributed by atoms with Gasteiger partial charge in [0.25, 0.3) is 0 Å². The molecule has 0 saturated carbocycles. The smallest absolute Gasteiger partial charge is 0.240 e. The predicted octanol–water partition coefficient (Wildman–Crippen LogP) is 4.77. The highest BCUT2D eigenvalue weighted by Gasteiger charge is 2.37. The van der Waals surface area contributed by atoms with Crippen LogP contribution in [0, 0.1) is 0 Å². The molecule has 0 radical (unpaired) electrons. The number of hydrogen-bond acceptors (Lipinski definition) is 6. The summed E-state index contributed by atoms with van der Waals surface area (Å²) >= 11 is 3.16. The molecule has 0 spiro atoms. The summed E-state index contributed by atoms with van der Waals surface area (Å²) in [5.74, 6) is 0. The van der Waals surface area contributed by atoms with Crippen molar-refractivity contribution in [3.63, 3.8) is 0 Å². The van der Waals surface area contributed by atoms with Crippen molar-refractivity contribution in [2.75, 3.05) is 6.26 Å². The molecule has 4 heterocycles. The van der Waals surface area contributed by atoms with Crippen LogP contribution in [0.5, 0.6) is 0 Å². The molecule has 0 fully saturated rings. The van der Waals surface area contributed by atoms with Gasteiger partial charge in [0.2, 0.25) is 10.0 Å². The Morgan fingerprint density at radius 2 is 1.70 bits per heavy atom. The first kappa shape index (κ1) is 19.2. The Morgan fingerprint density at radius 3 is 2.33 bits per heavy atom. The van der Waals surface area contributed by atoms with Gasteiger partial charge >= 0.3 is 0 Å². The van der Waals surface area contributed by atoms with Crippen molar-refractivity contribution < 1.29 is 8.42 Å². The Balaban J connectivity index is 1.64. The van der Waals surface area contributed by atoms with E-state index in [0.717, 1.165) is 33.8 Å². The van der Waals surface area contributed by atoms with Gasteiger partial charge in [0.1, 0.15) is 0 Å². The maximum atomic E-state index is 12.6. The van der Waals surface area contributed by atoms with E-state index >= 15 is 0 Å². The monoisotopic (exact) mass is 454 g/mol. The fourth-order valence-electron chi connectivity index (χ4n) is 3.60. The second-order valence-corrected chi connectivity index (χ2v) is 10.4. The molecule has 1 atom stereocenters. The van der Waals surface area contributed by atoms with Crippen molar-refractivity contribution in [2.24, 2.45) is 5.10 Å². The number of hydrazone groups is 1. The van der Waals surface area contributed by atoms with Gasteiger partial charge in [0.05, 0.1) is 29.4 Å². The number of hydrogen-bond donors (Lipinski definition) is 0. The number of aromatic nitrogens is 2. The molecule has 1 aromatic carbocycles. The van der Waals surface area contributed by atoms with Crippen LogP contribution in [-0.4, -0.2) is 34.6 Å². The fourth-order valence-corrected chi connectivity index (χ4v) is 5.80. The number of para-hydroxylation sites is 1. The van der Waals surface area contributed by atoms with Crippen LogP contribution in [0.3, 0.4) is 0 Å². The maximum Gasteiger partial charge on any atom is 0.247 e. The van der Waals surface area contributed by atoms with Gasteiger partial charge in [-0.2, -0.15) is 37.3 Å². The molecule has 3 aromatic heterocycles. The molecule has 0 unspecified atom stereocenters. The zero-order valence-corrected chi connectivity index (χ0v) is 18.5. The highest BCUT2D eigenvalue weighted by atomic mass is 32.2. The van der Waals surface area contributed by atoms with Gasteiger partial charge in [0.15, 0.2) is 0 Å². The van der Waals surface area contributed by atoms with E-state index in [1.807, 2.05) is 74.9 Å². The lowest BCUT2D eigenvalue weighted by molar-refractivity contribution is 0.375. The average molecular weight is 455 g/mol. The molecule has 152 valence electrons. The first-order valence-corrected chi connectivity index (χ1v) is 13.0. The van der Waals surface area contributed by atoms with E-state index in [1.165, 1.54) is 10.7 Å². The number of rotatable bonds is 5. The summed E-state index contributed by atoms with van der Waals surface area (Å²) in [6.07, 6.45) is 3.63. The van der Waals surface area contributed by atoms with Gasteiger partial charge in [-0.15, -0.1) is 0 Å².